The van der Waals surface area contributed by atoms with Crippen molar-refractivity contribution < 1.29 is 19.4 Å². The van der Waals surface area contributed by atoms with E-state index >= 15 is 0 Å². The standard InChI is InChI=1S/C33H41N3O4/c1-21-16-18-36(19-17-21)29-27(22(2)35-23(3)28(29)30(32(38)39)40-33(4,5)6)25-12-14-26(15-13-25)31(37)34-20-24-10-8-7-9-11-24/h7-15,21,30H,16-20H2,1-6H3,(H,34,37)(H,38,39). The van der Waals surface area contributed by atoms with Gasteiger partial charge in [0.2, 0.25) is 0 Å². The van der Waals surface area contributed by atoms with Gasteiger partial charge in [-0.25, -0.2) is 4.79 Å². The second kappa shape index (κ2) is 12.2. The molecule has 1 saturated heterocycles. The van der Waals surface area contributed by atoms with Gasteiger partial charge in [-0.05, 0) is 76.6 Å². The van der Waals surface area contributed by atoms with Gasteiger partial charge in [-0.3, -0.25) is 9.78 Å². The van der Waals surface area contributed by atoms with Gasteiger partial charge in [-0.15, -0.1) is 0 Å². The summed E-state index contributed by atoms with van der Waals surface area (Å²) in [4.78, 5) is 32.6. The fourth-order valence-electron chi connectivity index (χ4n) is 5.32. The van der Waals surface area contributed by atoms with Gasteiger partial charge in [0.05, 0.1) is 11.3 Å². The summed E-state index contributed by atoms with van der Waals surface area (Å²) in [6.07, 6.45) is 0.888. The first kappa shape index (κ1) is 29.3. The van der Waals surface area contributed by atoms with Crippen molar-refractivity contribution in [1.82, 2.24) is 10.3 Å². The molecule has 0 aliphatic carbocycles. The minimum absolute atomic E-state index is 0.149. The van der Waals surface area contributed by atoms with E-state index in [9.17, 15) is 14.7 Å². The van der Waals surface area contributed by atoms with Crippen LogP contribution in [-0.2, 0) is 16.1 Å². The summed E-state index contributed by atoms with van der Waals surface area (Å²) in [5.74, 6) is -0.571. The van der Waals surface area contributed by atoms with Gasteiger partial charge in [-0.1, -0.05) is 49.4 Å². The lowest BCUT2D eigenvalue weighted by atomic mass is 9.91. The molecule has 7 nitrogen and oxygen atoms in total. The van der Waals surface area contributed by atoms with E-state index < -0.39 is 17.7 Å². The molecule has 0 spiro atoms. The highest BCUT2D eigenvalue weighted by Gasteiger charge is 2.35. The van der Waals surface area contributed by atoms with E-state index in [0.717, 1.165) is 54.0 Å². The smallest absolute Gasteiger partial charge is 0.337 e. The summed E-state index contributed by atoms with van der Waals surface area (Å²) >= 11 is 0. The molecule has 1 fully saturated rings. The Morgan fingerprint density at radius 1 is 1.02 bits per heavy atom. The molecule has 0 bridgehead atoms. The zero-order valence-corrected chi connectivity index (χ0v) is 24.5. The van der Waals surface area contributed by atoms with Crippen molar-refractivity contribution in [2.75, 3.05) is 18.0 Å². The summed E-state index contributed by atoms with van der Waals surface area (Å²) in [5.41, 5.74) is 5.65. The predicted molar refractivity (Wildman–Crippen MR) is 159 cm³/mol. The molecule has 1 amide bonds. The second-order valence-electron chi connectivity index (χ2n) is 11.8. The van der Waals surface area contributed by atoms with Crippen LogP contribution in [0.4, 0.5) is 5.69 Å². The zero-order chi connectivity index (χ0) is 29.0. The maximum atomic E-state index is 12.9. The van der Waals surface area contributed by atoms with E-state index in [1.807, 2.05) is 89.2 Å². The van der Waals surface area contributed by atoms with E-state index in [-0.39, 0.29) is 5.91 Å². The molecule has 0 radical (unpaired) electrons. The molecule has 0 saturated carbocycles. The number of aliphatic carboxylic acids is 1. The van der Waals surface area contributed by atoms with Gasteiger partial charge in [0.1, 0.15) is 0 Å². The third-order valence-electron chi connectivity index (χ3n) is 7.37. The van der Waals surface area contributed by atoms with Crippen LogP contribution in [0.2, 0.25) is 0 Å². The average Bonchev–Trinajstić information content (AvgIpc) is 2.91. The molecule has 7 heteroatoms. The summed E-state index contributed by atoms with van der Waals surface area (Å²) in [6, 6.07) is 17.3. The van der Waals surface area contributed by atoms with Crippen molar-refractivity contribution in [3.63, 3.8) is 0 Å². The van der Waals surface area contributed by atoms with E-state index in [4.69, 9.17) is 9.72 Å². The van der Waals surface area contributed by atoms with E-state index in [0.29, 0.717) is 29.3 Å². The van der Waals surface area contributed by atoms with Crippen LogP contribution in [0.5, 0.6) is 0 Å². The van der Waals surface area contributed by atoms with Crippen LogP contribution in [0, 0.1) is 19.8 Å². The first-order valence-corrected chi connectivity index (χ1v) is 14.0. The summed E-state index contributed by atoms with van der Waals surface area (Å²) in [5, 5.41) is 13.3. The van der Waals surface area contributed by atoms with Gasteiger partial charge < -0.3 is 20.1 Å². The fraction of sp³-hybridized carbons (Fsp3) is 0.424. The van der Waals surface area contributed by atoms with E-state index in [1.165, 1.54) is 0 Å². The number of hydrogen-bond donors (Lipinski definition) is 2. The van der Waals surface area contributed by atoms with Crippen molar-refractivity contribution in [3.05, 3.63) is 82.7 Å². The molecule has 4 rings (SSSR count). The topological polar surface area (TPSA) is 91.8 Å². The Morgan fingerprint density at radius 3 is 2.23 bits per heavy atom. The van der Waals surface area contributed by atoms with Crippen molar-refractivity contribution >= 4 is 17.6 Å². The highest BCUT2D eigenvalue weighted by molar-refractivity contribution is 5.95. The molecular formula is C33H41N3O4. The Labute approximate surface area is 237 Å². The Morgan fingerprint density at radius 2 is 1.65 bits per heavy atom. The fourth-order valence-corrected chi connectivity index (χ4v) is 5.32. The molecule has 1 aliphatic heterocycles. The van der Waals surface area contributed by atoms with E-state index in [1.54, 1.807) is 0 Å². The van der Waals surface area contributed by atoms with Gasteiger partial charge >= 0.3 is 5.97 Å². The quantitative estimate of drug-likeness (QED) is 0.338. The van der Waals surface area contributed by atoms with Gasteiger partial charge in [0, 0.05) is 47.7 Å². The lowest BCUT2D eigenvalue weighted by molar-refractivity contribution is -0.160. The molecule has 2 heterocycles. The first-order chi connectivity index (χ1) is 18.9. The Bertz CT molecular complexity index is 1340. The number of hydrogen-bond acceptors (Lipinski definition) is 5. The van der Waals surface area contributed by atoms with Gasteiger partial charge in [0.25, 0.3) is 5.91 Å². The molecule has 40 heavy (non-hydrogen) atoms. The number of aromatic nitrogens is 1. The predicted octanol–water partition coefficient (Wildman–Crippen LogP) is 6.47. The number of benzene rings is 2. The monoisotopic (exact) mass is 543 g/mol. The molecule has 2 aromatic carbocycles. The van der Waals surface area contributed by atoms with Crippen LogP contribution in [-0.4, -0.2) is 40.7 Å². The van der Waals surface area contributed by atoms with Crippen molar-refractivity contribution in [1.29, 1.82) is 0 Å². The highest BCUT2D eigenvalue weighted by atomic mass is 16.5. The number of aryl methyl sites for hydroxylation is 2. The minimum atomic E-state index is -1.16. The van der Waals surface area contributed by atoms with Crippen LogP contribution >= 0.6 is 0 Å². The molecule has 3 aromatic rings. The minimum Gasteiger partial charge on any atom is -0.479 e. The molecule has 1 atom stereocenters. The number of piperidine rings is 1. The maximum absolute atomic E-state index is 12.9. The second-order valence-corrected chi connectivity index (χ2v) is 11.8. The summed E-state index contributed by atoms with van der Waals surface area (Å²) in [7, 11) is 0. The number of amides is 1. The largest absolute Gasteiger partial charge is 0.479 e. The van der Waals surface area contributed by atoms with Crippen LogP contribution in [0.3, 0.4) is 0 Å². The number of carbonyl (C=O) groups is 2. The molecule has 2 N–H and O–H groups in total. The van der Waals surface area contributed by atoms with Crippen molar-refractivity contribution in [3.8, 4) is 11.1 Å². The summed E-state index contributed by atoms with van der Waals surface area (Å²) in [6.45, 7) is 13.8. The van der Waals surface area contributed by atoms with Gasteiger partial charge in [-0.2, -0.15) is 0 Å². The lowest BCUT2D eigenvalue weighted by Gasteiger charge is -2.37. The van der Waals surface area contributed by atoms with Crippen LogP contribution in [0.15, 0.2) is 54.6 Å². The maximum Gasteiger partial charge on any atom is 0.337 e. The number of nitrogens with zero attached hydrogens (tertiary/aromatic N) is 2. The summed E-state index contributed by atoms with van der Waals surface area (Å²) < 4.78 is 6.14. The van der Waals surface area contributed by atoms with Crippen LogP contribution in [0.25, 0.3) is 11.1 Å². The SMILES string of the molecule is Cc1nc(C)c(C(OC(C)(C)C)C(=O)O)c(N2CCC(C)CC2)c1-c1ccc(C(=O)NCc2ccccc2)cc1. The molecule has 1 aromatic heterocycles. The molecule has 1 unspecified atom stereocenters. The number of carboxylic acids is 1. The molecular weight excluding hydrogens is 502 g/mol. The Hall–Kier alpha value is -3.71. The number of pyridine rings is 1. The van der Waals surface area contributed by atoms with Gasteiger partial charge in [0.15, 0.2) is 6.10 Å². The number of rotatable bonds is 8. The third-order valence-corrected chi connectivity index (χ3v) is 7.37. The van der Waals surface area contributed by atoms with Crippen molar-refractivity contribution in [2.45, 2.75) is 72.6 Å². The highest BCUT2D eigenvalue weighted by Crippen LogP contribution is 2.43. The number of ether oxygens (including phenoxy) is 1. The molecule has 212 valence electrons. The van der Waals surface area contributed by atoms with Crippen LogP contribution in [0.1, 0.15) is 79.5 Å². The Kier molecular flexibility index (Phi) is 8.94. The van der Waals surface area contributed by atoms with Crippen LogP contribution < -0.4 is 10.2 Å². The first-order valence-electron chi connectivity index (χ1n) is 14.0. The molecule has 1 aliphatic rings. The average molecular weight is 544 g/mol. The van der Waals surface area contributed by atoms with Crippen molar-refractivity contribution in [2.24, 2.45) is 5.92 Å². The lowest BCUT2D eigenvalue weighted by Crippen LogP contribution is -2.36. The normalized spacial score (nSPS) is 15.1. The Balaban J connectivity index is 1.76. The van der Waals surface area contributed by atoms with E-state index in [2.05, 4.69) is 17.1 Å². The zero-order valence-electron chi connectivity index (χ0n) is 24.5. The number of carbonyl (C=O) groups excluding carboxylic acids is 1. The third kappa shape index (κ3) is 6.89. The number of nitrogens with one attached hydrogen (secondary N) is 1. The number of carboxylic acid groups (broad SMARTS) is 1. The number of anilines is 1.